The van der Waals surface area contributed by atoms with Crippen LogP contribution in [0.15, 0.2) is 48.7 Å². The fourth-order valence-electron chi connectivity index (χ4n) is 4.75. The molecule has 1 aromatic heterocycles. The zero-order valence-electron chi connectivity index (χ0n) is 24.4. The first-order valence-electron chi connectivity index (χ1n) is 14.5. The number of hydrogen-bond acceptors (Lipinski definition) is 6. The summed E-state index contributed by atoms with van der Waals surface area (Å²) in [5.74, 6) is 2.66. The molecule has 1 aliphatic rings. The summed E-state index contributed by atoms with van der Waals surface area (Å²) in [7, 11) is 1.65. The van der Waals surface area contributed by atoms with Crippen molar-refractivity contribution in [3.05, 3.63) is 48.7 Å². The van der Waals surface area contributed by atoms with E-state index in [-0.39, 0.29) is 11.4 Å². The molecule has 2 N–H and O–H groups in total. The Hall–Kier alpha value is -3.52. The minimum Gasteiger partial charge on any atom is -0.493 e. The van der Waals surface area contributed by atoms with E-state index < -0.39 is 0 Å². The van der Waals surface area contributed by atoms with Crippen LogP contribution in [0, 0.1) is 5.41 Å². The van der Waals surface area contributed by atoms with E-state index in [2.05, 4.69) is 41.3 Å². The molecule has 4 rings (SSSR count). The average molecular weight is 549 g/mol. The number of rotatable bonds is 12. The fraction of sp³-hybridized carbons (Fsp3) is 0.500. The monoisotopic (exact) mass is 548 g/mol. The van der Waals surface area contributed by atoms with Crippen LogP contribution in [0.5, 0.6) is 23.0 Å². The number of benzene rings is 2. The molecule has 0 unspecified atom stereocenters. The molecule has 216 valence electrons. The number of likely N-dealkylation sites (tertiary alicyclic amines) is 1. The van der Waals surface area contributed by atoms with E-state index in [1.807, 2.05) is 42.5 Å². The first-order valence-corrected chi connectivity index (χ1v) is 14.5. The number of anilines is 1. The third-order valence-corrected chi connectivity index (χ3v) is 7.06. The van der Waals surface area contributed by atoms with Gasteiger partial charge in [0.2, 0.25) is 0 Å². The lowest BCUT2D eigenvalue weighted by molar-refractivity contribution is 0.214. The van der Waals surface area contributed by atoms with Crippen molar-refractivity contribution in [3.8, 4) is 23.0 Å². The van der Waals surface area contributed by atoms with Crippen LogP contribution in [0.25, 0.3) is 10.9 Å². The lowest BCUT2D eigenvalue weighted by atomic mass is 9.92. The zero-order chi connectivity index (χ0) is 28.4. The smallest absolute Gasteiger partial charge is 0.319 e. The summed E-state index contributed by atoms with van der Waals surface area (Å²) in [6, 6.07) is 12.7. The molecule has 8 heteroatoms. The van der Waals surface area contributed by atoms with Crippen molar-refractivity contribution in [1.82, 2.24) is 15.2 Å². The maximum Gasteiger partial charge on any atom is 0.319 e. The minimum atomic E-state index is -0.217. The molecule has 0 spiro atoms. The topological polar surface area (TPSA) is 85.0 Å². The second-order valence-electron chi connectivity index (χ2n) is 11.6. The third kappa shape index (κ3) is 9.01. The maximum absolute atomic E-state index is 12.2. The van der Waals surface area contributed by atoms with Gasteiger partial charge in [-0.1, -0.05) is 27.2 Å². The Morgan fingerprint density at radius 1 is 0.975 bits per heavy atom. The van der Waals surface area contributed by atoms with Crippen LogP contribution < -0.4 is 24.8 Å². The number of pyridine rings is 1. The molecule has 0 atom stereocenters. The number of unbranched alkanes of at least 4 members (excludes halogenated alkanes) is 1. The standard InChI is InChI=1S/C32H44N4O4/c1-32(2,3)15-17-34-31(37)35-24-10-12-25(13-11-24)40-28-14-16-33-27-23-30(29(38-4)22-26(27)28)39-21-9-8-20-36-18-6-5-7-19-36/h10-14,16,22-23H,5-9,15,17-21H2,1-4H3,(H2,34,35,37). The largest absolute Gasteiger partial charge is 0.493 e. The molecule has 1 saturated heterocycles. The number of piperidine rings is 1. The predicted molar refractivity (Wildman–Crippen MR) is 161 cm³/mol. The fourth-order valence-corrected chi connectivity index (χ4v) is 4.75. The number of ether oxygens (including phenoxy) is 3. The van der Waals surface area contributed by atoms with E-state index in [1.165, 1.54) is 32.4 Å². The molecule has 0 aliphatic carbocycles. The lowest BCUT2D eigenvalue weighted by Gasteiger charge is -2.26. The molecule has 8 nitrogen and oxygen atoms in total. The summed E-state index contributed by atoms with van der Waals surface area (Å²) < 4.78 is 17.9. The van der Waals surface area contributed by atoms with Crippen LogP contribution in [-0.4, -0.2) is 55.8 Å². The van der Waals surface area contributed by atoms with E-state index in [1.54, 1.807) is 13.3 Å². The molecule has 0 radical (unpaired) electrons. The maximum atomic E-state index is 12.2. The number of carbonyl (C=O) groups excluding carboxylic acids is 1. The normalized spacial score (nSPS) is 14.1. The molecular formula is C32H44N4O4. The molecule has 2 heterocycles. The first-order chi connectivity index (χ1) is 19.3. The number of fused-ring (bicyclic) bond motifs is 1. The van der Waals surface area contributed by atoms with E-state index in [4.69, 9.17) is 14.2 Å². The molecule has 3 aromatic rings. The highest BCUT2D eigenvalue weighted by Crippen LogP contribution is 2.37. The van der Waals surface area contributed by atoms with E-state index in [9.17, 15) is 4.79 Å². The van der Waals surface area contributed by atoms with Gasteiger partial charge in [0.25, 0.3) is 0 Å². The summed E-state index contributed by atoms with van der Waals surface area (Å²) in [4.78, 5) is 19.3. The highest BCUT2D eigenvalue weighted by molar-refractivity contribution is 5.89. The van der Waals surface area contributed by atoms with Crippen LogP contribution >= 0.6 is 0 Å². The molecule has 40 heavy (non-hydrogen) atoms. The number of carbonyl (C=O) groups is 1. The van der Waals surface area contributed by atoms with Crippen molar-refractivity contribution >= 4 is 22.6 Å². The van der Waals surface area contributed by atoms with Gasteiger partial charge in [0.15, 0.2) is 11.5 Å². The van der Waals surface area contributed by atoms with Crippen molar-refractivity contribution in [2.75, 3.05) is 45.2 Å². The number of aromatic nitrogens is 1. The van der Waals surface area contributed by atoms with Gasteiger partial charge in [0.05, 0.1) is 19.2 Å². The van der Waals surface area contributed by atoms with Gasteiger partial charge in [-0.15, -0.1) is 0 Å². The Balaban J connectivity index is 1.33. The van der Waals surface area contributed by atoms with Gasteiger partial charge in [0, 0.05) is 29.9 Å². The van der Waals surface area contributed by atoms with Gasteiger partial charge in [0.1, 0.15) is 11.5 Å². The van der Waals surface area contributed by atoms with Gasteiger partial charge in [-0.05, 0) is 93.6 Å². The van der Waals surface area contributed by atoms with Crippen molar-refractivity contribution in [1.29, 1.82) is 0 Å². The first kappa shape index (κ1) is 29.5. The summed E-state index contributed by atoms with van der Waals surface area (Å²) >= 11 is 0. The Morgan fingerprint density at radius 3 is 2.48 bits per heavy atom. The second kappa shape index (κ2) is 14.2. The van der Waals surface area contributed by atoms with Crippen molar-refractivity contribution in [2.24, 2.45) is 5.41 Å². The molecule has 2 aromatic carbocycles. The number of methoxy groups -OCH3 is 1. The van der Waals surface area contributed by atoms with Crippen molar-refractivity contribution in [3.63, 3.8) is 0 Å². The Labute approximate surface area is 238 Å². The van der Waals surface area contributed by atoms with Gasteiger partial charge >= 0.3 is 6.03 Å². The third-order valence-electron chi connectivity index (χ3n) is 7.06. The lowest BCUT2D eigenvalue weighted by Crippen LogP contribution is -2.31. The molecule has 1 fully saturated rings. The number of hydrogen-bond donors (Lipinski definition) is 2. The number of amides is 2. The Bertz CT molecular complexity index is 1230. The minimum absolute atomic E-state index is 0.175. The van der Waals surface area contributed by atoms with Gasteiger partial charge in [-0.3, -0.25) is 4.98 Å². The summed E-state index contributed by atoms with van der Waals surface area (Å²) in [5.41, 5.74) is 1.64. The SMILES string of the molecule is COc1cc2c(Oc3ccc(NC(=O)NCCC(C)(C)C)cc3)ccnc2cc1OCCCCN1CCCCC1. The van der Waals surface area contributed by atoms with Crippen LogP contribution in [0.3, 0.4) is 0 Å². The Kier molecular flexibility index (Phi) is 10.5. The summed E-state index contributed by atoms with van der Waals surface area (Å²) in [5, 5.41) is 6.59. The van der Waals surface area contributed by atoms with Gasteiger partial charge in [-0.2, -0.15) is 0 Å². The highest BCUT2D eigenvalue weighted by Gasteiger charge is 2.14. The van der Waals surface area contributed by atoms with Crippen LogP contribution in [0.4, 0.5) is 10.5 Å². The van der Waals surface area contributed by atoms with Crippen LogP contribution in [0.2, 0.25) is 0 Å². The van der Waals surface area contributed by atoms with Crippen molar-refractivity contribution in [2.45, 2.75) is 59.3 Å². The molecule has 1 aliphatic heterocycles. The highest BCUT2D eigenvalue weighted by atomic mass is 16.5. The summed E-state index contributed by atoms with van der Waals surface area (Å²) in [6.45, 7) is 11.3. The zero-order valence-corrected chi connectivity index (χ0v) is 24.4. The predicted octanol–water partition coefficient (Wildman–Crippen LogP) is 7.24. The van der Waals surface area contributed by atoms with Gasteiger partial charge < -0.3 is 29.7 Å². The molecular weight excluding hydrogens is 504 g/mol. The van der Waals surface area contributed by atoms with Crippen LogP contribution in [0.1, 0.15) is 59.3 Å². The van der Waals surface area contributed by atoms with E-state index >= 15 is 0 Å². The average Bonchev–Trinajstić information content (AvgIpc) is 2.93. The van der Waals surface area contributed by atoms with Crippen molar-refractivity contribution < 1.29 is 19.0 Å². The summed E-state index contributed by atoms with van der Waals surface area (Å²) in [6.07, 6.45) is 8.77. The Morgan fingerprint density at radius 2 is 1.75 bits per heavy atom. The van der Waals surface area contributed by atoms with Gasteiger partial charge in [-0.25, -0.2) is 4.79 Å². The number of nitrogens with one attached hydrogen (secondary N) is 2. The quantitative estimate of drug-likeness (QED) is 0.232. The molecule has 0 bridgehead atoms. The second-order valence-corrected chi connectivity index (χ2v) is 11.6. The number of nitrogens with zero attached hydrogens (tertiary/aromatic N) is 2. The number of urea groups is 1. The van der Waals surface area contributed by atoms with Crippen LogP contribution in [-0.2, 0) is 0 Å². The molecule has 0 saturated carbocycles. The van der Waals surface area contributed by atoms with E-state index in [0.717, 1.165) is 36.7 Å². The molecule has 2 amide bonds. The van der Waals surface area contributed by atoms with E-state index in [0.29, 0.717) is 41.8 Å².